The van der Waals surface area contributed by atoms with Crippen LogP contribution in [0.3, 0.4) is 0 Å². The molecule has 0 fully saturated rings. The number of phenols is 2. The number of hydrogen-bond acceptors (Lipinski definition) is 4. The fraction of sp³-hybridized carbons (Fsp3) is 0.400. The van der Waals surface area contributed by atoms with Crippen molar-refractivity contribution in [3.63, 3.8) is 0 Å². The van der Waals surface area contributed by atoms with E-state index in [4.69, 9.17) is 9.47 Å². The molecule has 0 aliphatic rings. The third-order valence-electron chi connectivity index (χ3n) is 4.57. The van der Waals surface area contributed by atoms with Crippen molar-refractivity contribution in [3.05, 3.63) is 47.5 Å². The van der Waals surface area contributed by atoms with Crippen molar-refractivity contribution < 1.29 is 19.7 Å². The Labute approximate surface area is 143 Å². The topological polar surface area (TPSA) is 58.9 Å². The maximum atomic E-state index is 9.64. The Morgan fingerprint density at radius 2 is 1.54 bits per heavy atom. The third-order valence-corrected chi connectivity index (χ3v) is 4.57. The molecule has 0 aromatic heterocycles. The van der Waals surface area contributed by atoms with Crippen LogP contribution in [0, 0.1) is 0 Å². The molecule has 2 aromatic rings. The zero-order valence-corrected chi connectivity index (χ0v) is 14.7. The molecule has 4 nitrogen and oxygen atoms in total. The van der Waals surface area contributed by atoms with Crippen LogP contribution in [0.2, 0.25) is 0 Å². The standard InChI is InChI=1S/C20H26O4/c1-13(15-7-10-18(21)19(22)11-15)5-6-14(2)17-9-8-16(23-3)12-20(17)24-4/h7-14,21-22H,5-6H2,1-4H3. The van der Waals surface area contributed by atoms with Gasteiger partial charge in [0.05, 0.1) is 14.2 Å². The minimum atomic E-state index is -0.0812. The van der Waals surface area contributed by atoms with E-state index in [0.717, 1.165) is 29.9 Å². The Morgan fingerprint density at radius 1 is 0.833 bits per heavy atom. The van der Waals surface area contributed by atoms with E-state index in [2.05, 4.69) is 19.9 Å². The van der Waals surface area contributed by atoms with E-state index in [1.165, 1.54) is 11.6 Å². The zero-order valence-electron chi connectivity index (χ0n) is 14.7. The SMILES string of the molecule is COc1ccc(C(C)CCC(C)c2ccc(O)c(O)c2)c(OC)c1. The number of rotatable bonds is 7. The van der Waals surface area contributed by atoms with Crippen molar-refractivity contribution in [1.29, 1.82) is 0 Å². The molecular weight excluding hydrogens is 304 g/mol. The number of aromatic hydroxyl groups is 2. The first-order chi connectivity index (χ1) is 11.5. The van der Waals surface area contributed by atoms with Crippen LogP contribution in [0.15, 0.2) is 36.4 Å². The lowest BCUT2D eigenvalue weighted by molar-refractivity contribution is 0.387. The van der Waals surface area contributed by atoms with Gasteiger partial charge in [0.1, 0.15) is 11.5 Å². The molecule has 0 saturated heterocycles. The van der Waals surface area contributed by atoms with Gasteiger partial charge in [0, 0.05) is 6.07 Å². The first-order valence-electron chi connectivity index (χ1n) is 8.20. The summed E-state index contributed by atoms with van der Waals surface area (Å²) in [5.74, 6) is 2.13. The monoisotopic (exact) mass is 330 g/mol. The first kappa shape index (κ1) is 18.0. The summed E-state index contributed by atoms with van der Waals surface area (Å²) >= 11 is 0. The van der Waals surface area contributed by atoms with Gasteiger partial charge in [-0.2, -0.15) is 0 Å². The van der Waals surface area contributed by atoms with Crippen molar-refractivity contribution >= 4 is 0 Å². The van der Waals surface area contributed by atoms with Crippen LogP contribution >= 0.6 is 0 Å². The predicted molar refractivity (Wildman–Crippen MR) is 95.4 cm³/mol. The third kappa shape index (κ3) is 4.13. The molecule has 4 heteroatoms. The Kier molecular flexibility index (Phi) is 5.96. The Balaban J connectivity index is 2.04. The first-order valence-corrected chi connectivity index (χ1v) is 8.20. The molecule has 2 aromatic carbocycles. The van der Waals surface area contributed by atoms with Gasteiger partial charge in [-0.1, -0.05) is 26.0 Å². The molecule has 2 unspecified atom stereocenters. The Bertz CT molecular complexity index is 681. The van der Waals surface area contributed by atoms with Crippen molar-refractivity contribution in [2.45, 2.75) is 38.5 Å². The van der Waals surface area contributed by atoms with Gasteiger partial charge >= 0.3 is 0 Å². The number of methoxy groups -OCH3 is 2. The molecule has 0 saturated carbocycles. The van der Waals surface area contributed by atoms with Gasteiger partial charge in [-0.3, -0.25) is 0 Å². The summed E-state index contributed by atoms with van der Waals surface area (Å²) in [5.41, 5.74) is 2.19. The van der Waals surface area contributed by atoms with Crippen LogP contribution in [-0.2, 0) is 0 Å². The fourth-order valence-corrected chi connectivity index (χ4v) is 2.89. The van der Waals surface area contributed by atoms with Gasteiger partial charge in [0.2, 0.25) is 0 Å². The molecule has 2 rings (SSSR count). The second-order valence-electron chi connectivity index (χ2n) is 6.24. The molecule has 0 aliphatic heterocycles. The van der Waals surface area contributed by atoms with Crippen LogP contribution in [0.25, 0.3) is 0 Å². The molecule has 2 atom stereocenters. The molecule has 2 N–H and O–H groups in total. The second kappa shape index (κ2) is 7.95. The van der Waals surface area contributed by atoms with Crippen LogP contribution in [0.4, 0.5) is 0 Å². The van der Waals surface area contributed by atoms with Gasteiger partial charge < -0.3 is 19.7 Å². The summed E-state index contributed by atoms with van der Waals surface area (Å²) < 4.78 is 10.7. The maximum Gasteiger partial charge on any atom is 0.157 e. The van der Waals surface area contributed by atoms with Crippen molar-refractivity contribution in [2.24, 2.45) is 0 Å². The van der Waals surface area contributed by atoms with Crippen molar-refractivity contribution in [1.82, 2.24) is 0 Å². The van der Waals surface area contributed by atoms with E-state index >= 15 is 0 Å². The highest BCUT2D eigenvalue weighted by molar-refractivity contribution is 5.43. The predicted octanol–water partition coefficient (Wildman–Crippen LogP) is 4.80. The van der Waals surface area contributed by atoms with E-state index in [1.54, 1.807) is 20.3 Å². The van der Waals surface area contributed by atoms with Crippen LogP contribution in [0.1, 0.15) is 49.7 Å². The summed E-state index contributed by atoms with van der Waals surface area (Å²) in [7, 11) is 3.32. The van der Waals surface area contributed by atoms with E-state index < -0.39 is 0 Å². The van der Waals surface area contributed by atoms with E-state index in [-0.39, 0.29) is 11.5 Å². The molecule has 0 bridgehead atoms. The highest BCUT2D eigenvalue weighted by atomic mass is 16.5. The summed E-state index contributed by atoms with van der Waals surface area (Å²) in [6.07, 6.45) is 1.96. The van der Waals surface area contributed by atoms with Crippen LogP contribution in [-0.4, -0.2) is 24.4 Å². The Morgan fingerprint density at radius 3 is 2.17 bits per heavy atom. The normalized spacial score (nSPS) is 13.3. The smallest absolute Gasteiger partial charge is 0.157 e. The molecule has 24 heavy (non-hydrogen) atoms. The lowest BCUT2D eigenvalue weighted by Crippen LogP contribution is -2.01. The molecule has 0 radical (unpaired) electrons. The van der Waals surface area contributed by atoms with Crippen molar-refractivity contribution in [2.75, 3.05) is 14.2 Å². The second-order valence-corrected chi connectivity index (χ2v) is 6.24. The molecule has 0 aliphatic carbocycles. The molecule has 130 valence electrons. The van der Waals surface area contributed by atoms with Crippen LogP contribution < -0.4 is 9.47 Å². The van der Waals surface area contributed by atoms with Gasteiger partial charge in [-0.25, -0.2) is 0 Å². The van der Waals surface area contributed by atoms with E-state index in [1.807, 2.05) is 18.2 Å². The summed E-state index contributed by atoms with van der Waals surface area (Å²) in [5, 5.41) is 19.1. The number of hydrogen-bond donors (Lipinski definition) is 2. The molecule has 0 spiro atoms. The highest BCUT2D eigenvalue weighted by Crippen LogP contribution is 2.36. The number of ether oxygens (including phenoxy) is 2. The lowest BCUT2D eigenvalue weighted by Gasteiger charge is -2.19. The summed E-state index contributed by atoms with van der Waals surface area (Å²) in [6, 6.07) is 11.0. The summed E-state index contributed by atoms with van der Waals surface area (Å²) in [6.45, 7) is 4.31. The van der Waals surface area contributed by atoms with E-state index in [9.17, 15) is 10.2 Å². The largest absolute Gasteiger partial charge is 0.504 e. The maximum absolute atomic E-state index is 9.64. The quantitative estimate of drug-likeness (QED) is 0.716. The van der Waals surface area contributed by atoms with Gasteiger partial charge in [0.15, 0.2) is 11.5 Å². The Hall–Kier alpha value is -2.36. The zero-order chi connectivity index (χ0) is 17.7. The number of benzene rings is 2. The lowest BCUT2D eigenvalue weighted by atomic mass is 9.88. The van der Waals surface area contributed by atoms with Gasteiger partial charge in [-0.15, -0.1) is 0 Å². The van der Waals surface area contributed by atoms with Crippen molar-refractivity contribution in [3.8, 4) is 23.0 Å². The minimum absolute atomic E-state index is 0.0655. The average molecular weight is 330 g/mol. The number of phenolic OH excluding ortho intramolecular Hbond substituents is 2. The summed E-state index contributed by atoms with van der Waals surface area (Å²) in [4.78, 5) is 0. The minimum Gasteiger partial charge on any atom is -0.504 e. The van der Waals surface area contributed by atoms with Gasteiger partial charge in [-0.05, 0) is 54.0 Å². The van der Waals surface area contributed by atoms with E-state index in [0.29, 0.717) is 11.8 Å². The molecule has 0 amide bonds. The average Bonchev–Trinajstić information content (AvgIpc) is 2.60. The molecule has 0 heterocycles. The fourth-order valence-electron chi connectivity index (χ4n) is 2.89. The molecular formula is C20H26O4. The van der Waals surface area contributed by atoms with Gasteiger partial charge in [0.25, 0.3) is 0 Å². The van der Waals surface area contributed by atoms with Crippen LogP contribution in [0.5, 0.6) is 23.0 Å². The highest BCUT2D eigenvalue weighted by Gasteiger charge is 2.15.